The minimum atomic E-state index is -0.208. The monoisotopic (exact) mass is 356 g/mol. The molecule has 0 aromatic heterocycles. The molecule has 2 aromatic rings. The molecule has 0 aliphatic rings. The molecule has 17 heavy (non-hydrogen) atoms. The van der Waals surface area contributed by atoms with E-state index in [1.165, 1.54) is 17.7 Å². The summed E-state index contributed by atoms with van der Waals surface area (Å²) in [5, 5.41) is 0. The van der Waals surface area contributed by atoms with Gasteiger partial charge in [0.1, 0.15) is 5.82 Å². The van der Waals surface area contributed by atoms with Gasteiger partial charge in [-0.2, -0.15) is 0 Å². The molecule has 0 spiro atoms. The quantitative estimate of drug-likeness (QED) is 0.633. The van der Waals surface area contributed by atoms with Crippen molar-refractivity contribution in [2.75, 3.05) is 0 Å². The van der Waals surface area contributed by atoms with E-state index in [1.54, 1.807) is 12.1 Å². The Hall–Kier alpha value is -0.670. The summed E-state index contributed by atoms with van der Waals surface area (Å²) in [5.41, 5.74) is 3.40. The van der Waals surface area contributed by atoms with Crippen LogP contribution in [0.15, 0.2) is 46.9 Å². The molecule has 88 valence electrons. The number of alkyl halides is 1. The zero-order valence-corrected chi connectivity index (χ0v) is 12.4. The zero-order valence-electron chi connectivity index (χ0n) is 9.25. The summed E-state index contributed by atoms with van der Waals surface area (Å²) < 4.78 is 13.9. The van der Waals surface area contributed by atoms with Crippen molar-refractivity contribution in [3.63, 3.8) is 0 Å². The van der Waals surface area contributed by atoms with E-state index in [4.69, 9.17) is 0 Å². The van der Waals surface area contributed by atoms with Crippen LogP contribution in [-0.4, -0.2) is 0 Å². The Labute approximate surface area is 117 Å². The van der Waals surface area contributed by atoms with Crippen molar-refractivity contribution in [3.8, 4) is 0 Å². The Morgan fingerprint density at radius 3 is 2.18 bits per heavy atom. The van der Waals surface area contributed by atoms with Crippen LogP contribution in [0.5, 0.6) is 0 Å². The highest BCUT2D eigenvalue weighted by Gasteiger charge is 2.11. The summed E-state index contributed by atoms with van der Waals surface area (Å²) in [6.45, 7) is 2.05. The number of rotatable bonds is 2. The van der Waals surface area contributed by atoms with Gasteiger partial charge in [0.05, 0.1) is 4.83 Å². The molecule has 0 heterocycles. The van der Waals surface area contributed by atoms with Gasteiger partial charge in [-0.15, -0.1) is 0 Å². The normalized spacial score (nSPS) is 12.5. The second kappa shape index (κ2) is 5.32. The Morgan fingerprint density at radius 1 is 1.00 bits per heavy atom. The first-order valence-corrected chi connectivity index (χ1v) is 6.94. The van der Waals surface area contributed by atoms with Gasteiger partial charge in [0.2, 0.25) is 0 Å². The number of halogens is 3. The number of hydrogen-bond donors (Lipinski definition) is 0. The molecular weight excluding hydrogens is 347 g/mol. The maximum atomic E-state index is 12.8. The summed E-state index contributed by atoms with van der Waals surface area (Å²) in [6.07, 6.45) is 0. The van der Waals surface area contributed by atoms with Crippen molar-refractivity contribution in [1.29, 1.82) is 0 Å². The lowest BCUT2D eigenvalue weighted by atomic mass is 10.0. The lowest BCUT2D eigenvalue weighted by molar-refractivity contribution is 0.627. The first-order valence-electron chi connectivity index (χ1n) is 5.23. The molecule has 0 fully saturated rings. The first-order chi connectivity index (χ1) is 8.08. The average molecular weight is 358 g/mol. The third-order valence-electron chi connectivity index (χ3n) is 2.64. The second-order valence-electron chi connectivity index (χ2n) is 3.92. The number of benzene rings is 2. The lowest BCUT2D eigenvalue weighted by Crippen LogP contribution is -1.93. The van der Waals surface area contributed by atoms with Crippen molar-refractivity contribution in [2.45, 2.75) is 11.8 Å². The van der Waals surface area contributed by atoms with Crippen LogP contribution in [0.1, 0.15) is 21.5 Å². The van der Waals surface area contributed by atoms with E-state index in [-0.39, 0.29) is 10.6 Å². The average Bonchev–Trinajstić information content (AvgIpc) is 2.33. The highest BCUT2D eigenvalue weighted by molar-refractivity contribution is 9.10. The number of aryl methyl sites for hydroxylation is 1. The van der Waals surface area contributed by atoms with Crippen molar-refractivity contribution in [2.24, 2.45) is 0 Å². The van der Waals surface area contributed by atoms with Crippen LogP contribution in [-0.2, 0) is 0 Å². The fourth-order valence-corrected chi connectivity index (χ4v) is 2.49. The molecule has 0 amide bonds. The maximum absolute atomic E-state index is 12.8. The molecule has 1 unspecified atom stereocenters. The van der Waals surface area contributed by atoms with Crippen LogP contribution in [0.2, 0.25) is 0 Å². The largest absolute Gasteiger partial charge is 0.207 e. The van der Waals surface area contributed by atoms with Crippen LogP contribution in [0.4, 0.5) is 4.39 Å². The summed E-state index contributed by atoms with van der Waals surface area (Å²) in [6, 6.07) is 12.8. The van der Waals surface area contributed by atoms with Crippen molar-refractivity contribution in [1.82, 2.24) is 0 Å². The summed E-state index contributed by atoms with van der Waals surface area (Å²) in [4.78, 5) is 0.0925. The third kappa shape index (κ3) is 2.96. The molecule has 0 bridgehead atoms. The second-order valence-corrected chi connectivity index (χ2v) is 5.69. The van der Waals surface area contributed by atoms with Crippen molar-refractivity contribution < 1.29 is 4.39 Å². The van der Waals surface area contributed by atoms with E-state index < -0.39 is 0 Å². The van der Waals surface area contributed by atoms with Crippen molar-refractivity contribution in [3.05, 3.63) is 69.4 Å². The maximum Gasteiger partial charge on any atom is 0.123 e. The highest BCUT2D eigenvalue weighted by Crippen LogP contribution is 2.32. The lowest BCUT2D eigenvalue weighted by Gasteiger charge is -2.12. The minimum Gasteiger partial charge on any atom is -0.207 e. The topological polar surface area (TPSA) is 0 Å². The number of hydrogen-bond acceptors (Lipinski definition) is 0. The molecule has 0 N–H and O–H groups in total. The van der Waals surface area contributed by atoms with Gasteiger partial charge in [-0.25, -0.2) is 4.39 Å². The SMILES string of the molecule is Cc1cc(C(Br)c2ccc(F)cc2)ccc1Br. The standard InChI is InChI=1S/C14H11Br2F/c1-9-8-11(4-7-13(9)15)14(16)10-2-5-12(17)6-3-10/h2-8,14H,1H3. The van der Waals surface area contributed by atoms with Gasteiger partial charge in [0, 0.05) is 4.47 Å². The van der Waals surface area contributed by atoms with Gasteiger partial charge < -0.3 is 0 Å². The van der Waals surface area contributed by atoms with Gasteiger partial charge in [-0.05, 0) is 41.8 Å². The van der Waals surface area contributed by atoms with Gasteiger partial charge in [0.25, 0.3) is 0 Å². The smallest absolute Gasteiger partial charge is 0.123 e. The van der Waals surface area contributed by atoms with Gasteiger partial charge >= 0.3 is 0 Å². The Balaban J connectivity index is 2.33. The van der Waals surface area contributed by atoms with Crippen LogP contribution < -0.4 is 0 Å². The zero-order chi connectivity index (χ0) is 12.4. The molecule has 0 saturated heterocycles. The first kappa shape index (κ1) is 12.8. The van der Waals surface area contributed by atoms with E-state index in [0.29, 0.717) is 0 Å². The summed E-state index contributed by atoms with van der Waals surface area (Å²) >= 11 is 7.12. The van der Waals surface area contributed by atoms with E-state index >= 15 is 0 Å². The molecule has 0 radical (unpaired) electrons. The Bertz CT molecular complexity index is 520. The Morgan fingerprint density at radius 2 is 1.59 bits per heavy atom. The van der Waals surface area contributed by atoms with Crippen LogP contribution in [0.3, 0.4) is 0 Å². The van der Waals surface area contributed by atoms with E-state index in [9.17, 15) is 4.39 Å². The molecule has 2 rings (SSSR count). The molecule has 1 atom stereocenters. The van der Waals surface area contributed by atoms with Gasteiger partial charge in [-0.1, -0.05) is 56.1 Å². The highest BCUT2D eigenvalue weighted by atomic mass is 79.9. The van der Waals surface area contributed by atoms with E-state index in [0.717, 1.165) is 15.6 Å². The molecule has 0 aliphatic heterocycles. The van der Waals surface area contributed by atoms with Crippen molar-refractivity contribution >= 4 is 31.9 Å². The predicted octanol–water partition coefficient (Wildman–Crippen LogP) is 5.38. The van der Waals surface area contributed by atoms with E-state index in [1.807, 2.05) is 6.07 Å². The fourth-order valence-electron chi connectivity index (χ4n) is 1.65. The molecule has 0 saturated carbocycles. The fraction of sp³-hybridized carbons (Fsp3) is 0.143. The molecule has 0 aliphatic carbocycles. The van der Waals surface area contributed by atoms with Crippen LogP contribution in [0.25, 0.3) is 0 Å². The van der Waals surface area contributed by atoms with Gasteiger partial charge in [0.15, 0.2) is 0 Å². The summed E-state index contributed by atoms with van der Waals surface area (Å²) in [7, 11) is 0. The van der Waals surface area contributed by atoms with Gasteiger partial charge in [-0.3, -0.25) is 0 Å². The van der Waals surface area contributed by atoms with Crippen LogP contribution >= 0.6 is 31.9 Å². The molecule has 3 heteroatoms. The van der Waals surface area contributed by atoms with E-state index in [2.05, 4.69) is 50.9 Å². The summed E-state index contributed by atoms with van der Waals surface area (Å²) in [5.74, 6) is -0.208. The molecular formula is C14H11Br2F. The Kier molecular flexibility index (Phi) is 4.00. The third-order valence-corrected chi connectivity index (χ3v) is 4.58. The molecule has 2 aromatic carbocycles. The van der Waals surface area contributed by atoms with Crippen LogP contribution in [0, 0.1) is 12.7 Å². The predicted molar refractivity (Wildman–Crippen MR) is 76.0 cm³/mol. The molecule has 0 nitrogen and oxygen atoms in total. The minimum absolute atomic E-state index is 0.0925.